The molecule has 0 heterocycles. The van der Waals surface area contributed by atoms with Crippen LogP contribution in [0.5, 0.6) is 0 Å². The Balaban J connectivity index is 1.57. The minimum Gasteiger partial charge on any atom is -0.457 e. The number of hydrogen-bond donors (Lipinski definition) is 0. The number of carbonyl (C=O) groups is 5. The summed E-state index contributed by atoms with van der Waals surface area (Å²) in [5, 5.41) is 0. The zero-order chi connectivity index (χ0) is 33.0. The van der Waals surface area contributed by atoms with Crippen molar-refractivity contribution < 1.29 is 33.4 Å². The molecule has 0 bridgehead atoms. The van der Waals surface area contributed by atoms with E-state index < -0.39 is 40.8 Å². The van der Waals surface area contributed by atoms with Gasteiger partial charge in [-0.1, -0.05) is 114 Å². The Hall–Kier alpha value is -2.09. The molecule has 0 unspecified atom stereocenters. The summed E-state index contributed by atoms with van der Waals surface area (Å²) in [6.45, 7) is 9.31. The maximum Gasteiger partial charge on any atom is 0.306 e. The third-order valence-electron chi connectivity index (χ3n) is 11.6. The van der Waals surface area contributed by atoms with Crippen molar-refractivity contribution in [1.82, 2.24) is 0 Å². The van der Waals surface area contributed by atoms with Gasteiger partial charge in [-0.05, 0) is 43.3 Å². The summed E-state index contributed by atoms with van der Waals surface area (Å²) >= 11 is 3.91. The Kier molecular flexibility index (Phi) is 11.7. The normalized spacial score (nSPS) is 35.2. The fraction of sp³-hybridized carbons (Fsp3) is 0.757. The second-order valence-corrected chi connectivity index (χ2v) is 15.7. The van der Waals surface area contributed by atoms with Crippen molar-refractivity contribution in [1.29, 1.82) is 0 Å². The highest BCUT2D eigenvalue weighted by Crippen LogP contribution is 2.69. The Labute approximate surface area is 277 Å². The van der Waals surface area contributed by atoms with Gasteiger partial charge in [0.25, 0.3) is 0 Å². The van der Waals surface area contributed by atoms with E-state index in [1.54, 1.807) is 19.1 Å². The van der Waals surface area contributed by atoms with E-state index in [-0.39, 0.29) is 59.3 Å². The van der Waals surface area contributed by atoms with E-state index in [1.165, 1.54) is 32.1 Å². The fourth-order valence-corrected chi connectivity index (χ4v) is 10.3. The van der Waals surface area contributed by atoms with Crippen LogP contribution in [0.3, 0.4) is 0 Å². The zero-order valence-electron chi connectivity index (χ0n) is 28.0. The number of Topliss-reactive ketones (excluding diaryl/α,β-unsaturated/α-hetero) is 2. The van der Waals surface area contributed by atoms with Gasteiger partial charge in [-0.3, -0.25) is 24.0 Å². The van der Waals surface area contributed by atoms with Crippen LogP contribution in [0.15, 0.2) is 23.8 Å². The molecule has 45 heavy (non-hydrogen) atoms. The van der Waals surface area contributed by atoms with Crippen molar-refractivity contribution in [3.8, 4) is 0 Å². The lowest BCUT2D eigenvalue weighted by Gasteiger charge is -2.58. The summed E-state index contributed by atoms with van der Waals surface area (Å²) in [5.74, 6) is -2.37. The van der Waals surface area contributed by atoms with Crippen LogP contribution < -0.4 is 0 Å². The van der Waals surface area contributed by atoms with E-state index in [9.17, 15) is 24.0 Å². The number of hydrogen-bond acceptors (Lipinski definition) is 7. The number of ether oxygens (including phenoxy) is 2. The van der Waals surface area contributed by atoms with E-state index in [4.69, 9.17) is 9.47 Å². The second-order valence-electron chi connectivity index (χ2n) is 14.5. The Bertz CT molecular complexity index is 1220. The molecule has 8 atom stereocenters. The van der Waals surface area contributed by atoms with Crippen molar-refractivity contribution in [2.24, 2.45) is 34.5 Å². The first-order valence-corrected chi connectivity index (χ1v) is 18.3. The smallest absolute Gasteiger partial charge is 0.306 e. The predicted octanol–water partition coefficient (Wildman–Crippen LogP) is 7.82. The molecule has 8 heteroatoms. The largest absolute Gasteiger partial charge is 0.457 e. The zero-order valence-corrected chi connectivity index (χ0v) is 29.5. The van der Waals surface area contributed by atoms with Gasteiger partial charge in [-0.2, -0.15) is 0 Å². The highest BCUT2D eigenvalue weighted by molar-refractivity contribution is 9.09. The summed E-state index contributed by atoms with van der Waals surface area (Å²) in [6.07, 6.45) is 16.8. The molecular weight excluding hydrogens is 636 g/mol. The van der Waals surface area contributed by atoms with Gasteiger partial charge in [0.1, 0.15) is 5.78 Å². The van der Waals surface area contributed by atoms with E-state index in [0.717, 1.165) is 24.8 Å². The minimum atomic E-state index is -1.58. The molecule has 4 aliphatic rings. The highest BCUT2D eigenvalue weighted by Gasteiger charge is 2.74. The summed E-state index contributed by atoms with van der Waals surface area (Å²) in [4.78, 5) is 66.4. The van der Waals surface area contributed by atoms with Crippen LogP contribution in [0.1, 0.15) is 125 Å². The molecule has 7 nitrogen and oxygen atoms in total. The van der Waals surface area contributed by atoms with Crippen LogP contribution in [0.4, 0.5) is 0 Å². The molecule has 0 aromatic heterocycles. The van der Waals surface area contributed by atoms with Gasteiger partial charge in [0.15, 0.2) is 18.0 Å². The molecule has 4 aliphatic carbocycles. The first-order valence-electron chi connectivity index (χ1n) is 17.4. The van der Waals surface area contributed by atoms with Gasteiger partial charge in [-0.25, -0.2) is 0 Å². The molecule has 0 saturated heterocycles. The lowest BCUT2D eigenvalue weighted by atomic mass is 9.46. The van der Waals surface area contributed by atoms with Crippen LogP contribution in [0, 0.1) is 34.5 Å². The van der Waals surface area contributed by atoms with Crippen molar-refractivity contribution in [3.05, 3.63) is 23.8 Å². The molecule has 0 aliphatic heterocycles. The van der Waals surface area contributed by atoms with E-state index in [2.05, 4.69) is 22.9 Å². The molecule has 250 valence electrons. The molecule has 0 spiro atoms. The number of carbonyl (C=O) groups excluding carboxylic acids is 5. The van der Waals surface area contributed by atoms with Crippen molar-refractivity contribution in [2.45, 2.75) is 135 Å². The Morgan fingerprint density at radius 1 is 0.956 bits per heavy atom. The number of allylic oxidation sites excluding steroid dienone is 4. The summed E-state index contributed by atoms with van der Waals surface area (Å²) < 4.78 is 11.7. The Morgan fingerprint density at radius 2 is 1.60 bits per heavy atom. The lowest BCUT2D eigenvalue weighted by molar-refractivity contribution is -0.197. The molecule has 3 fully saturated rings. The standard InChI is InChI=1S/C37H53BrO7/c1-6-8-9-10-11-12-13-14-15-16-32(43)45-37(30(41)23-44-31(42)7-2)24(3)19-27-33-28(38)21-25-20-26(39)17-18-35(25,4)34(33)29(40)22-36(27,37)5/h17-18,20,24,27-28,33-34H,6-16,19,21-23H2,1-5H3/t24-,27+,28-,33-,34+,35+,36+,37-/m1/s1. The van der Waals surface area contributed by atoms with Crippen LogP contribution in [-0.2, 0) is 33.4 Å². The monoisotopic (exact) mass is 688 g/mol. The first-order chi connectivity index (χ1) is 21.4. The summed E-state index contributed by atoms with van der Waals surface area (Å²) in [5.41, 5.74) is -2.16. The average molecular weight is 690 g/mol. The van der Waals surface area contributed by atoms with Gasteiger partial charge in [0, 0.05) is 46.8 Å². The van der Waals surface area contributed by atoms with Gasteiger partial charge in [-0.15, -0.1) is 0 Å². The molecule has 3 saturated carbocycles. The quantitative estimate of drug-likeness (QED) is 0.0982. The number of fused-ring (bicyclic) bond motifs is 5. The topological polar surface area (TPSA) is 104 Å². The number of alkyl halides is 1. The molecule has 4 rings (SSSR count). The maximum absolute atomic E-state index is 14.3. The first kappa shape index (κ1) is 35.8. The lowest BCUT2D eigenvalue weighted by Crippen LogP contribution is -2.64. The van der Waals surface area contributed by atoms with Crippen LogP contribution in [-0.4, -0.2) is 46.3 Å². The predicted molar refractivity (Wildman–Crippen MR) is 177 cm³/mol. The number of halogens is 1. The summed E-state index contributed by atoms with van der Waals surface area (Å²) in [7, 11) is 0. The van der Waals surface area contributed by atoms with Gasteiger partial charge >= 0.3 is 11.9 Å². The van der Waals surface area contributed by atoms with Crippen LogP contribution in [0.25, 0.3) is 0 Å². The van der Waals surface area contributed by atoms with Crippen LogP contribution >= 0.6 is 15.9 Å². The minimum absolute atomic E-state index is 0.0158. The number of ketones is 3. The van der Waals surface area contributed by atoms with Gasteiger partial charge in [0.05, 0.1) is 0 Å². The molecule has 0 amide bonds. The molecule has 0 radical (unpaired) electrons. The van der Waals surface area contributed by atoms with Crippen molar-refractivity contribution >= 4 is 45.2 Å². The Morgan fingerprint density at radius 3 is 2.24 bits per heavy atom. The van der Waals surface area contributed by atoms with Gasteiger partial charge < -0.3 is 9.47 Å². The van der Waals surface area contributed by atoms with Crippen molar-refractivity contribution in [3.63, 3.8) is 0 Å². The molecule has 0 aromatic rings. The molecule has 0 N–H and O–H groups in total. The molecular formula is C37H53BrO7. The second kappa shape index (κ2) is 14.8. The van der Waals surface area contributed by atoms with Crippen molar-refractivity contribution in [2.75, 3.05) is 6.61 Å². The van der Waals surface area contributed by atoms with Gasteiger partial charge in [0.2, 0.25) is 5.78 Å². The fourth-order valence-electron chi connectivity index (χ4n) is 9.30. The van der Waals surface area contributed by atoms with E-state index >= 15 is 0 Å². The summed E-state index contributed by atoms with van der Waals surface area (Å²) in [6, 6.07) is 0. The van der Waals surface area contributed by atoms with E-state index in [0.29, 0.717) is 19.3 Å². The average Bonchev–Trinajstić information content (AvgIpc) is 3.21. The highest BCUT2D eigenvalue weighted by atomic mass is 79.9. The van der Waals surface area contributed by atoms with E-state index in [1.807, 2.05) is 26.8 Å². The number of esters is 2. The number of rotatable bonds is 15. The maximum atomic E-state index is 14.3. The number of unbranched alkanes of at least 4 members (excludes halogenated alkanes) is 8. The van der Waals surface area contributed by atoms with Crippen LogP contribution in [0.2, 0.25) is 0 Å². The molecule has 0 aromatic carbocycles. The SMILES string of the molecule is CCCCCCCCCCCC(=O)O[C@@]1(C(=O)COC(=O)CC)[C@H](C)C[C@H]2[C@@H]3[C@H](Br)CC4=CC(=O)C=C[C@]4(C)[C@H]3C(=O)C[C@@]21C. The third kappa shape index (κ3) is 6.82. The third-order valence-corrected chi connectivity index (χ3v) is 12.5.